The molecule has 10 heteroatoms. The minimum Gasteiger partial charge on any atom is -0.379 e. The maximum absolute atomic E-state index is 12.3. The zero-order valence-electron chi connectivity index (χ0n) is 13.6. The van der Waals surface area contributed by atoms with Gasteiger partial charge in [-0.3, -0.25) is 9.69 Å². The Balaban J connectivity index is 0.00000156. The number of nitrogens with zero attached hydrogens (tertiary/aromatic N) is 2. The molecule has 3 heterocycles. The first-order valence-corrected chi connectivity index (χ1v) is 9.31. The SMILES string of the molecule is Cl.Cl.NCc1nc(C(=O)NCC(c2cccs2)N2CCOCC2)cs1. The average molecular weight is 425 g/mol. The van der Waals surface area contributed by atoms with Crippen molar-refractivity contribution in [3.8, 4) is 0 Å². The number of hydrogen-bond donors (Lipinski definition) is 2. The van der Waals surface area contributed by atoms with Crippen molar-refractivity contribution in [2.75, 3.05) is 32.8 Å². The molecule has 0 bridgehead atoms. The Labute approximate surface area is 167 Å². The molecule has 2 aromatic heterocycles. The molecule has 0 aromatic carbocycles. The molecule has 1 unspecified atom stereocenters. The first-order valence-electron chi connectivity index (χ1n) is 7.56. The van der Waals surface area contributed by atoms with Crippen LogP contribution in [0.2, 0.25) is 0 Å². The van der Waals surface area contributed by atoms with Gasteiger partial charge in [0.1, 0.15) is 10.7 Å². The highest BCUT2D eigenvalue weighted by molar-refractivity contribution is 7.10. The van der Waals surface area contributed by atoms with Crippen LogP contribution in [0, 0.1) is 0 Å². The lowest BCUT2D eigenvalue weighted by molar-refractivity contribution is 0.0169. The van der Waals surface area contributed by atoms with E-state index in [0.29, 0.717) is 18.8 Å². The number of aromatic nitrogens is 1. The van der Waals surface area contributed by atoms with Gasteiger partial charge in [-0.15, -0.1) is 47.5 Å². The molecule has 3 N–H and O–H groups in total. The van der Waals surface area contributed by atoms with E-state index in [1.165, 1.54) is 16.2 Å². The minimum absolute atomic E-state index is 0. The molecule has 1 fully saturated rings. The lowest BCUT2D eigenvalue weighted by Crippen LogP contribution is -2.43. The summed E-state index contributed by atoms with van der Waals surface area (Å²) in [5.41, 5.74) is 5.99. The van der Waals surface area contributed by atoms with E-state index in [-0.39, 0.29) is 36.8 Å². The Kier molecular flexibility index (Phi) is 9.88. The second kappa shape index (κ2) is 11.1. The van der Waals surface area contributed by atoms with Crippen molar-refractivity contribution in [3.63, 3.8) is 0 Å². The fraction of sp³-hybridized carbons (Fsp3) is 0.467. The third-order valence-corrected chi connectivity index (χ3v) is 5.62. The number of thiazole rings is 1. The van der Waals surface area contributed by atoms with Crippen molar-refractivity contribution in [2.45, 2.75) is 12.6 Å². The summed E-state index contributed by atoms with van der Waals surface area (Å²) in [7, 11) is 0. The van der Waals surface area contributed by atoms with Crippen molar-refractivity contribution in [3.05, 3.63) is 38.5 Å². The fourth-order valence-electron chi connectivity index (χ4n) is 2.57. The number of nitrogens with two attached hydrogens (primary N) is 1. The van der Waals surface area contributed by atoms with Gasteiger partial charge >= 0.3 is 0 Å². The van der Waals surface area contributed by atoms with Gasteiger partial charge in [-0.25, -0.2) is 4.98 Å². The lowest BCUT2D eigenvalue weighted by atomic mass is 10.2. The van der Waals surface area contributed by atoms with Gasteiger partial charge in [0.15, 0.2) is 0 Å². The molecular weight excluding hydrogens is 403 g/mol. The van der Waals surface area contributed by atoms with Crippen molar-refractivity contribution in [1.82, 2.24) is 15.2 Å². The summed E-state index contributed by atoms with van der Waals surface area (Å²) in [5.74, 6) is -0.143. The highest BCUT2D eigenvalue weighted by atomic mass is 35.5. The highest BCUT2D eigenvalue weighted by Crippen LogP contribution is 2.25. The molecule has 1 atom stereocenters. The van der Waals surface area contributed by atoms with Gasteiger partial charge in [0, 0.05) is 36.4 Å². The molecular formula is C15H22Cl2N4O2S2. The van der Waals surface area contributed by atoms with E-state index in [0.717, 1.165) is 31.3 Å². The second-order valence-electron chi connectivity index (χ2n) is 5.22. The number of nitrogens with one attached hydrogen (secondary N) is 1. The van der Waals surface area contributed by atoms with E-state index in [9.17, 15) is 4.79 Å². The van der Waals surface area contributed by atoms with Crippen molar-refractivity contribution in [1.29, 1.82) is 0 Å². The standard InChI is InChI=1S/C15H20N4O2S2.2ClH/c16-8-14-18-11(10-23-14)15(20)17-9-12(13-2-1-7-22-13)19-3-5-21-6-4-19;;/h1-2,7,10,12H,3-6,8-9,16H2,(H,17,20);2*1H. The van der Waals surface area contributed by atoms with Crippen LogP contribution in [0.1, 0.15) is 26.4 Å². The Morgan fingerprint density at radius 2 is 2.12 bits per heavy atom. The minimum atomic E-state index is -0.143. The van der Waals surface area contributed by atoms with Crippen molar-refractivity contribution >= 4 is 53.4 Å². The summed E-state index contributed by atoms with van der Waals surface area (Å²) >= 11 is 3.13. The Bertz CT molecular complexity index is 633. The van der Waals surface area contributed by atoms with E-state index < -0.39 is 0 Å². The highest BCUT2D eigenvalue weighted by Gasteiger charge is 2.24. The monoisotopic (exact) mass is 424 g/mol. The molecule has 1 aliphatic heterocycles. The molecule has 0 radical (unpaired) electrons. The van der Waals surface area contributed by atoms with Gasteiger partial charge in [0.25, 0.3) is 5.91 Å². The Hall–Kier alpha value is -0.740. The second-order valence-corrected chi connectivity index (χ2v) is 7.14. The van der Waals surface area contributed by atoms with E-state index in [4.69, 9.17) is 10.5 Å². The van der Waals surface area contributed by atoms with Gasteiger partial charge in [-0.2, -0.15) is 0 Å². The Morgan fingerprint density at radius 3 is 2.72 bits per heavy atom. The summed E-state index contributed by atoms with van der Waals surface area (Å²) in [4.78, 5) is 20.1. The molecule has 140 valence electrons. The van der Waals surface area contributed by atoms with Gasteiger partial charge in [0.05, 0.1) is 19.3 Å². The number of hydrogen-bond acceptors (Lipinski definition) is 7. The quantitative estimate of drug-likeness (QED) is 0.743. The van der Waals surface area contributed by atoms with Crippen LogP contribution in [0.15, 0.2) is 22.9 Å². The van der Waals surface area contributed by atoms with Crippen molar-refractivity contribution < 1.29 is 9.53 Å². The van der Waals surface area contributed by atoms with Gasteiger partial charge < -0.3 is 15.8 Å². The van der Waals surface area contributed by atoms with E-state index >= 15 is 0 Å². The van der Waals surface area contributed by atoms with Crippen LogP contribution in [0.25, 0.3) is 0 Å². The molecule has 25 heavy (non-hydrogen) atoms. The Morgan fingerprint density at radius 1 is 1.36 bits per heavy atom. The summed E-state index contributed by atoms with van der Waals surface area (Å²) in [6.07, 6.45) is 0. The molecule has 6 nitrogen and oxygen atoms in total. The van der Waals surface area contributed by atoms with Crippen LogP contribution in [0.3, 0.4) is 0 Å². The molecule has 0 saturated carbocycles. The summed E-state index contributed by atoms with van der Waals surface area (Å²) in [5, 5.41) is 7.61. The summed E-state index contributed by atoms with van der Waals surface area (Å²) in [6.45, 7) is 4.17. The number of carbonyl (C=O) groups excluding carboxylic acids is 1. The first-order chi connectivity index (χ1) is 11.3. The zero-order valence-corrected chi connectivity index (χ0v) is 16.8. The third kappa shape index (κ3) is 5.89. The molecule has 0 aliphatic carbocycles. The number of ether oxygens (including phenoxy) is 1. The topological polar surface area (TPSA) is 80.5 Å². The molecule has 2 aromatic rings. The number of amides is 1. The van der Waals surface area contributed by atoms with Gasteiger partial charge in [-0.1, -0.05) is 6.07 Å². The van der Waals surface area contributed by atoms with Gasteiger partial charge in [0.2, 0.25) is 0 Å². The van der Waals surface area contributed by atoms with E-state index in [1.54, 1.807) is 16.7 Å². The third-order valence-electron chi connectivity index (χ3n) is 3.77. The molecule has 1 aliphatic rings. The number of morpholine rings is 1. The van der Waals surface area contributed by atoms with Crippen LogP contribution in [0.5, 0.6) is 0 Å². The number of halogens is 2. The van der Waals surface area contributed by atoms with Crippen LogP contribution in [0.4, 0.5) is 0 Å². The number of carbonyl (C=O) groups is 1. The van der Waals surface area contributed by atoms with Crippen molar-refractivity contribution in [2.24, 2.45) is 5.73 Å². The van der Waals surface area contributed by atoms with Crippen LogP contribution < -0.4 is 11.1 Å². The fourth-order valence-corrected chi connectivity index (χ4v) is 4.08. The predicted octanol–water partition coefficient (Wildman–Crippen LogP) is 2.31. The zero-order chi connectivity index (χ0) is 16.1. The average Bonchev–Trinajstić information content (AvgIpc) is 3.27. The summed E-state index contributed by atoms with van der Waals surface area (Å²) < 4.78 is 5.43. The largest absolute Gasteiger partial charge is 0.379 e. The summed E-state index contributed by atoms with van der Waals surface area (Å²) in [6, 6.07) is 4.34. The lowest BCUT2D eigenvalue weighted by Gasteiger charge is -2.34. The maximum atomic E-state index is 12.3. The predicted molar refractivity (Wildman–Crippen MR) is 106 cm³/mol. The van der Waals surface area contributed by atoms with Crippen LogP contribution >= 0.6 is 47.5 Å². The first kappa shape index (κ1) is 22.3. The number of thiophene rings is 1. The molecule has 1 amide bonds. The molecule has 0 spiro atoms. The van der Waals surface area contributed by atoms with Crippen LogP contribution in [-0.2, 0) is 11.3 Å². The van der Waals surface area contributed by atoms with Gasteiger partial charge in [-0.05, 0) is 11.4 Å². The number of rotatable bonds is 6. The van der Waals surface area contributed by atoms with E-state index in [2.05, 4.69) is 26.6 Å². The maximum Gasteiger partial charge on any atom is 0.270 e. The van der Waals surface area contributed by atoms with Crippen LogP contribution in [-0.4, -0.2) is 48.6 Å². The smallest absolute Gasteiger partial charge is 0.270 e. The van der Waals surface area contributed by atoms with E-state index in [1.807, 2.05) is 6.07 Å². The molecule has 3 rings (SSSR count). The molecule has 1 saturated heterocycles. The normalized spacial score (nSPS) is 15.7.